The molecule has 0 spiro atoms. The third-order valence-electron chi connectivity index (χ3n) is 6.62. The second kappa shape index (κ2) is 10.3. The molecule has 2 saturated heterocycles. The van der Waals surface area contributed by atoms with E-state index in [4.69, 9.17) is 9.73 Å². The average molecular weight is 412 g/mol. The van der Waals surface area contributed by atoms with Gasteiger partial charge in [-0.05, 0) is 69.6 Å². The van der Waals surface area contributed by atoms with Crippen molar-refractivity contribution in [3.8, 4) is 0 Å². The number of fused-ring (bicyclic) bond motifs is 1. The molecule has 2 aromatic rings. The molecular formula is C24H37N5O. The average Bonchev–Trinajstić information content (AvgIpc) is 3.46. The van der Waals surface area contributed by atoms with E-state index in [1.807, 2.05) is 0 Å². The van der Waals surface area contributed by atoms with Crippen molar-refractivity contribution in [3.63, 3.8) is 0 Å². The number of aromatic nitrogens is 1. The minimum absolute atomic E-state index is 0.182. The first kappa shape index (κ1) is 21.2. The fourth-order valence-corrected chi connectivity index (χ4v) is 4.88. The molecule has 0 saturated carbocycles. The summed E-state index contributed by atoms with van der Waals surface area (Å²) < 4.78 is 8.01. The van der Waals surface area contributed by atoms with E-state index in [1.54, 1.807) is 0 Å². The van der Waals surface area contributed by atoms with Crippen LogP contribution in [-0.2, 0) is 11.3 Å². The number of aryl methyl sites for hydroxylation is 1. The highest BCUT2D eigenvalue weighted by Crippen LogP contribution is 2.31. The second-order valence-corrected chi connectivity index (χ2v) is 8.57. The highest BCUT2D eigenvalue weighted by atomic mass is 16.5. The zero-order chi connectivity index (χ0) is 20.7. The molecular weight excluding hydrogens is 374 g/mol. The van der Waals surface area contributed by atoms with Crippen LogP contribution in [0.4, 0.5) is 0 Å². The van der Waals surface area contributed by atoms with Crippen molar-refractivity contribution in [3.05, 3.63) is 36.5 Å². The fourth-order valence-electron chi connectivity index (χ4n) is 4.88. The molecule has 2 aliphatic rings. The van der Waals surface area contributed by atoms with E-state index in [-0.39, 0.29) is 5.54 Å². The van der Waals surface area contributed by atoms with Crippen LogP contribution >= 0.6 is 0 Å². The minimum atomic E-state index is 0.182. The third-order valence-corrected chi connectivity index (χ3v) is 6.62. The number of hydrogen-bond donors (Lipinski definition) is 2. The molecule has 0 bridgehead atoms. The van der Waals surface area contributed by atoms with Crippen LogP contribution in [-0.4, -0.2) is 66.9 Å². The van der Waals surface area contributed by atoms with E-state index in [1.165, 1.54) is 36.8 Å². The van der Waals surface area contributed by atoms with Crippen LogP contribution in [0.1, 0.15) is 39.0 Å². The molecule has 0 radical (unpaired) electrons. The van der Waals surface area contributed by atoms with Crippen LogP contribution in [0.15, 0.2) is 41.5 Å². The molecule has 0 amide bonds. The van der Waals surface area contributed by atoms with Crippen LogP contribution < -0.4 is 10.6 Å². The number of rotatable bonds is 8. The Bertz CT molecular complexity index is 818. The summed E-state index contributed by atoms with van der Waals surface area (Å²) in [6.45, 7) is 9.94. The molecule has 2 N–H and O–H groups in total. The van der Waals surface area contributed by atoms with Gasteiger partial charge in [0.25, 0.3) is 0 Å². The molecule has 164 valence electrons. The molecule has 2 aliphatic heterocycles. The van der Waals surface area contributed by atoms with Gasteiger partial charge < -0.3 is 19.9 Å². The van der Waals surface area contributed by atoms with E-state index in [9.17, 15) is 0 Å². The van der Waals surface area contributed by atoms with Crippen LogP contribution in [0.25, 0.3) is 10.9 Å². The maximum Gasteiger partial charge on any atom is 0.191 e. The Labute approximate surface area is 180 Å². The number of hydrogen-bond acceptors (Lipinski definition) is 3. The number of para-hydroxylation sites is 1. The Morgan fingerprint density at radius 1 is 1.10 bits per heavy atom. The molecule has 6 nitrogen and oxygen atoms in total. The highest BCUT2D eigenvalue weighted by molar-refractivity contribution is 5.80. The smallest absolute Gasteiger partial charge is 0.191 e. The topological polar surface area (TPSA) is 53.8 Å². The Kier molecular flexibility index (Phi) is 7.28. The summed E-state index contributed by atoms with van der Waals surface area (Å²) in [6.07, 6.45) is 8.08. The van der Waals surface area contributed by atoms with Crippen molar-refractivity contribution in [2.45, 2.75) is 51.1 Å². The van der Waals surface area contributed by atoms with Gasteiger partial charge in [0.05, 0.1) is 6.54 Å². The van der Waals surface area contributed by atoms with E-state index in [0.29, 0.717) is 0 Å². The van der Waals surface area contributed by atoms with E-state index < -0.39 is 0 Å². The number of benzene rings is 1. The van der Waals surface area contributed by atoms with Crippen molar-refractivity contribution < 1.29 is 4.74 Å². The summed E-state index contributed by atoms with van der Waals surface area (Å²) >= 11 is 0. The highest BCUT2D eigenvalue weighted by Gasteiger charge is 2.39. The number of aliphatic imine (C=N–C) groups is 1. The van der Waals surface area contributed by atoms with Crippen molar-refractivity contribution >= 4 is 16.9 Å². The lowest BCUT2D eigenvalue weighted by atomic mass is 9.88. The van der Waals surface area contributed by atoms with Gasteiger partial charge in [0.2, 0.25) is 0 Å². The van der Waals surface area contributed by atoms with E-state index in [0.717, 1.165) is 64.6 Å². The molecule has 1 aromatic carbocycles. The first-order valence-electron chi connectivity index (χ1n) is 11.7. The molecule has 1 aromatic heterocycles. The largest absolute Gasteiger partial charge is 0.381 e. The summed E-state index contributed by atoms with van der Waals surface area (Å²) in [4.78, 5) is 7.71. The molecule has 6 heteroatoms. The van der Waals surface area contributed by atoms with Crippen LogP contribution in [0, 0.1) is 0 Å². The normalized spacial score (nSPS) is 20.0. The molecule has 30 heavy (non-hydrogen) atoms. The summed E-state index contributed by atoms with van der Waals surface area (Å²) in [5.74, 6) is 0.944. The molecule has 0 atom stereocenters. The maximum absolute atomic E-state index is 5.68. The van der Waals surface area contributed by atoms with E-state index in [2.05, 4.69) is 63.6 Å². The molecule has 0 unspecified atom stereocenters. The zero-order valence-corrected chi connectivity index (χ0v) is 18.4. The zero-order valence-electron chi connectivity index (χ0n) is 18.4. The predicted octanol–water partition coefficient (Wildman–Crippen LogP) is 3.23. The van der Waals surface area contributed by atoms with Crippen molar-refractivity contribution in [2.24, 2.45) is 4.99 Å². The number of nitrogens with zero attached hydrogens (tertiary/aromatic N) is 3. The van der Waals surface area contributed by atoms with Crippen molar-refractivity contribution in [1.82, 2.24) is 20.1 Å². The quantitative estimate of drug-likeness (QED) is 0.398. The first-order chi connectivity index (χ1) is 14.8. The molecule has 3 heterocycles. The third kappa shape index (κ3) is 4.98. The number of nitrogens with one attached hydrogen (secondary N) is 2. The SMILES string of the molecule is CCNC(=NCC1(N2CCCC2)CCOCC1)NCCCn1ccc2ccccc21. The van der Waals surface area contributed by atoms with Gasteiger partial charge in [0, 0.05) is 50.1 Å². The lowest BCUT2D eigenvalue weighted by Gasteiger charge is -2.43. The van der Waals surface area contributed by atoms with Crippen LogP contribution in [0.2, 0.25) is 0 Å². The minimum Gasteiger partial charge on any atom is -0.381 e. The van der Waals surface area contributed by atoms with Gasteiger partial charge in [-0.25, -0.2) is 0 Å². The van der Waals surface area contributed by atoms with Crippen LogP contribution in [0.3, 0.4) is 0 Å². The lowest BCUT2D eigenvalue weighted by Crippen LogP contribution is -2.54. The number of likely N-dealkylation sites (tertiary alicyclic amines) is 1. The molecule has 4 rings (SSSR count). The fraction of sp³-hybridized carbons (Fsp3) is 0.625. The number of ether oxygens (including phenoxy) is 1. The Morgan fingerprint density at radius 2 is 1.90 bits per heavy atom. The molecule has 2 fully saturated rings. The van der Waals surface area contributed by atoms with Gasteiger partial charge in [0.1, 0.15) is 0 Å². The maximum atomic E-state index is 5.68. The van der Waals surface area contributed by atoms with E-state index >= 15 is 0 Å². The van der Waals surface area contributed by atoms with Gasteiger partial charge in [-0.3, -0.25) is 9.89 Å². The lowest BCUT2D eigenvalue weighted by molar-refractivity contribution is -0.0139. The van der Waals surface area contributed by atoms with Crippen molar-refractivity contribution in [1.29, 1.82) is 0 Å². The standard InChI is InChI=1S/C24H37N5O/c1-2-25-23(26-13-7-14-28-17-10-21-8-3-4-9-22(21)28)27-20-24(11-18-30-19-12-24)29-15-5-6-16-29/h3-4,8-10,17H,2,5-7,11-16,18-20H2,1H3,(H2,25,26,27). The predicted molar refractivity (Wildman–Crippen MR) is 124 cm³/mol. The molecule has 0 aliphatic carbocycles. The van der Waals surface area contributed by atoms with Gasteiger partial charge in [-0.15, -0.1) is 0 Å². The van der Waals surface area contributed by atoms with Gasteiger partial charge in [-0.1, -0.05) is 18.2 Å². The summed E-state index contributed by atoms with van der Waals surface area (Å²) in [5, 5.41) is 8.30. The first-order valence-corrected chi connectivity index (χ1v) is 11.7. The van der Waals surface area contributed by atoms with Crippen LogP contribution in [0.5, 0.6) is 0 Å². The van der Waals surface area contributed by atoms with Crippen molar-refractivity contribution in [2.75, 3.05) is 45.9 Å². The van der Waals surface area contributed by atoms with Gasteiger partial charge in [-0.2, -0.15) is 0 Å². The van der Waals surface area contributed by atoms with Gasteiger partial charge in [0.15, 0.2) is 5.96 Å². The summed E-state index contributed by atoms with van der Waals surface area (Å²) in [7, 11) is 0. The second-order valence-electron chi connectivity index (χ2n) is 8.57. The monoisotopic (exact) mass is 411 g/mol. The Morgan fingerprint density at radius 3 is 2.70 bits per heavy atom. The Hall–Kier alpha value is -2.05. The summed E-state index contributed by atoms with van der Waals surface area (Å²) in [5.41, 5.74) is 1.49. The number of guanidine groups is 1. The Balaban J connectivity index is 1.32. The van der Waals surface area contributed by atoms with Gasteiger partial charge >= 0.3 is 0 Å². The summed E-state index contributed by atoms with van der Waals surface area (Å²) in [6, 6.07) is 10.8.